The maximum absolute atomic E-state index is 8.77. The van der Waals surface area contributed by atoms with Gasteiger partial charge < -0.3 is 15.8 Å². The third kappa shape index (κ3) is 2.74. The first-order valence-corrected chi connectivity index (χ1v) is 7.57. The number of nitrogens with two attached hydrogens (primary N) is 1. The third-order valence-electron chi connectivity index (χ3n) is 3.83. The van der Waals surface area contributed by atoms with Gasteiger partial charge in [-0.15, -0.1) is 0 Å². The lowest BCUT2D eigenvalue weighted by atomic mass is 9.99. The maximum Gasteiger partial charge on any atom is 0.171 e. The summed E-state index contributed by atoms with van der Waals surface area (Å²) in [4.78, 5) is 2.34. The van der Waals surface area contributed by atoms with Gasteiger partial charge in [-0.3, -0.25) is 0 Å². The van der Waals surface area contributed by atoms with Gasteiger partial charge in [0.2, 0.25) is 0 Å². The molecule has 5 heteroatoms. The van der Waals surface area contributed by atoms with Crippen molar-refractivity contribution in [2.24, 2.45) is 10.9 Å². The van der Waals surface area contributed by atoms with E-state index in [4.69, 9.17) is 10.9 Å². The molecule has 0 atom stereocenters. The van der Waals surface area contributed by atoms with Crippen LogP contribution in [0.15, 0.2) is 52.1 Å². The SMILES string of the molecule is N/C(=N/O)c1ccc(N2CCc3ccccc3C2)cc1Br. The van der Waals surface area contributed by atoms with Crippen molar-refractivity contribution in [3.05, 3.63) is 63.6 Å². The number of anilines is 1. The number of halogens is 1. The molecule has 3 N–H and O–H groups in total. The first-order chi connectivity index (χ1) is 10.2. The zero-order chi connectivity index (χ0) is 14.8. The molecule has 21 heavy (non-hydrogen) atoms. The molecule has 2 aromatic rings. The molecule has 0 amide bonds. The molecule has 108 valence electrons. The Hall–Kier alpha value is -2.01. The minimum atomic E-state index is 0.109. The first kappa shape index (κ1) is 13.9. The lowest BCUT2D eigenvalue weighted by Gasteiger charge is -2.31. The number of hydrogen-bond acceptors (Lipinski definition) is 3. The van der Waals surface area contributed by atoms with Crippen LogP contribution in [-0.4, -0.2) is 17.6 Å². The lowest BCUT2D eigenvalue weighted by Crippen LogP contribution is -2.30. The van der Waals surface area contributed by atoms with E-state index in [0.29, 0.717) is 5.56 Å². The fourth-order valence-corrected chi connectivity index (χ4v) is 3.25. The number of benzene rings is 2. The molecule has 3 rings (SSSR count). The molecule has 0 bridgehead atoms. The average molecular weight is 346 g/mol. The van der Waals surface area contributed by atoms with Crippen molar-refractivity contribution in [2.75, 3.05) is 11.4 Å². The van der Waals surface area contributed by atoms with Gasteiger partial charge in [-0.1, -0.05) is 29.4 Å². The Balaban J connectivity index is 1.88. The topological polar surface area (TPSA) is 61.9 Å². The number of nitrogens with zero attached hydrogens (tertiary/aromatic N) is 2. The van der Waals surface area contributed by atoms with E-state index in [1.54, 1.807) is 0 Å². The van der Waals surface area contributed by atoms with Crippen LogP contribution in [0.2, 0.25) is 0 Å². The van der Waals surface area contributed by atoms with Crippen molar-refractivity contribution in [3.8, 4) is 0 Å². The summed E-state index contributed by atoms with van der Waals surface area (Å²) in [6, 6.07) is 14.4. The summed E-state index contributed by atoms with van der Waals surface area (Å²) in [7, 11) is 0. The zero-order valence-electron chi connectivity index (χ0n) is 11.5. The maximum atomic E-state index is 8.77. The van der Waals surface area contributed by atoms with Crippen molar-refractivity contribution in [1.29, 1.82) is 0 Å². The molecule has 0 fully saturated rings. The van der Waals surface area contributed by atoms with Crippen molar-refractivity contribution in [3.63, 3.8) is 0 Å². The van der Waals surface area contributed by atoms with Crippen LogP contribution >= 0.6 is 15.9 Å². The van der Waals surface area contributed by atoms with E-state index in [9.17, 15) is 0 Å². The van der Waals surface area contributed by atoms with Crippen LogP contribution in [0.25, 0.3) is 0 Å². The molecule has 2 aromatic carbocycles. The number of hydrogen-bond donors (Lipinski definition) is 2. The first-order valence-electron chi connectivity index (χ1n) is 6.78. The average Bonchev–Trinajstić information content (AvgIpc) is 2.53. The molecule has 0 spiro atoms. The van der Waals surface area contributed by atoms with E-state index in [1.807, 2.05) is 18.2 Å². The fourth-order valence-electron chi connectivity index (χ4n) is 2.68. The van der Waals surface area contributed by atoms with Gasteiger partial charge in [-0.2, -0.15) is 0 Å². The van der Waals surface area contributed by atoms with Crippen molar-refractivity contribution in [1.82, 2.24) is 0 Å². The van der Waals surface area contributed by atoms with Gasteiger partial charge in [-0.25, -0.2) is 0 Å². The van der Waals surface area contributed by atoms with Crippen molar-refractivity contribution < 1.29 is 5.21 Å². The highest BCUT2D eigenvalue weighted by atomic mass is 79.9. The second-order valence-corrected chi connectivity index (χ2v) is 5.94. The molecule has 1 aliphatic rings. The van der Waals surface area contributed by atoms with Crippen LogP contribution in [0.3, 0.4) is 0 Å². The fraction of sp³-hybridized carbons (Fsp3) is 0.188. The minimum absolute atomic E-state index is 0.109. The summed E-state index contributed by atoms with van der Waals surface area (Å²) >= 11 is 3.49. The Labute approximate surface area is 132 Å². The smallest absolute Gasteiger partial charge is 0.171 e. The Bertz CT molecular complexity index is 700. The Morgan fingerprint density at radius 2 is 1.95 bits per heavy atom. The molecule has 1 heterocycles. The largest absolute Gasteiger partial charge is 0.409 e. The highest BCUT2D eigenvalue weighted by Crippen LogP contribution is 2.28. The molecule has 0 saturated heterocycles. The van der Waals surface area contributed by atoms with Crippen LogP contribution in [0.4, 0.5) is 5.69 Å². The molecule has 1 aliphatic heterocycles. The van der Waals surface area contributed by atoms with E-state index >= 15 is 0 Å². The Morgan fingerprint density at radius 1 is 1.19 bits per heavy atom. The Kier molecular flexibility index (Phi) is 3.84. The van der Waals surface area contributed by atoms with Crippen molar-refractivity contribution >= 4 is 27.5 Å². The molecule has 4 nitrogen and oxygen atoms in total. The van der Waals surface area contributed by atoms with E-state index in [-0.39, 0.29) is 5.84 Å². The molecule has 0 aliphatic carbocycles. The molecular weight excluding hydrogens is 330 g/mol. The summed E-state index contributed by atoms with van der Waals surface area (Å²) in [5.41, 5.74) is 10.3. The predicted octanol–water partition coefficient (Wildman–Crippen LogP) is 3.11. The van der Waals surface area contributed by atoms with Crippen LogP contribution in [-0.2, 0) is 13.0 Å². The molecule has 0 unspecified atom stereocenters. The lowest BCUT2D eigenvalue weighted by molar-refractivity contribution is 0.318. The van der Waals surface area contributed by atoms with Crippen molar-refractivity contribution in [2.45, 2.75) is 13.0 Å². The summed E-state index contributed by atoms with van der Waals surface area (Å²) in [6.45, 7) is 1.90. The molecule has 0 radical (unpaired) electrons. The molecule has 0 saturated carbocycles. The predicted molar refractivity (Wildman–Crippen MR) is 87.8 cm³/mol. The van der Waals surface area contributed by atoms with Crippen LogP contribution in [0.1, 0.15) is 16.7 Å². The number of amidine groups is 1. The molecular formula is C16H16BrN3O. The summed E-state index contributed by atoms with van der Waals surface area (Å²) in [6.07, 6.45) is 1.05. The quantitative estimate of drug-likeness (QED) is 0.380. The second kappa shape index (κ2) is 5.77. The number of oxime groups is 1. The monoisotopic (exact) mass is 345 g/mol. The highest BCUT2D eigenvalue weighted by Gasteiger charge is 2.17. The van der Waals surface area contributed by atoms with Gasteiger partial charge in [0.25, 0.3) is 0 Å². The van der Waals surface area contributed by atoms with Crippen LogP contribution < -0.4 is 10.6 Å². The van der Waals surface area contributed by atoms with Gasteiger partial charge >= 0.3 is 0 Å². The van der Waals surface area contributed by atoms with Crippen LogP contribution in [0.5, 0.6) is 0 Å². The molecule has 0 aromatic heterocycles. The minimum Gasteiger partial charge on any atom is -0.409 e. The van der Waals surface area contributed by atoms with Gasteiger partial charge in [0.1, 0.15) is 0 Å². The van der Waals surface area contributed by atoms with E-state index in [1.165, 1.54) is 11.1 Å². The number of fused-ring (bicyclic) bond motifs is 1. The van der Waals surface area contributed by atoms with Gasteiger partial charge in [0, 0.05) is 28.8 Å². The van der Waals surface area contributed by atoms with E-state index in [0.717, 1.165) is 29.7 Å². The highest BCUT2D eigenvalue weighted by molar-refractivity contribution is 9.10. The normalized spacial score (nSPS) is 14.9. The summed E-state index contributed by atoms with van der Waals surface area (Å²) in [5.74, 6) is 0.109. The van der Waals surface area contributed by atoms with E-state index < -0.39 is 0 Å². The number of rotatable bonds is 2. The Morgan fingerprint density at radius 3 is 2.67 bits per heavy atom. The van der Waals surface area contributed by atoms with Gasteiger partial charge in [0.15, 0.2) is 5.84 Å². The zero-order valence-corrected chi connectivity index (χ0v) is 13.0. The third-order valence-corrected chi connectivity index (χ3v) is 4.49. The van der Waals surface area contributed by atoms with Gasteiger partial charge in [0.05, 0.1) is 0 Å². The summed E-state index contributed by atoms with van der Waals surface area (Å²) in [5, 5.41) is 11.8. The van der Waals surface area contributed by atoms with Crippen LogP contribution in [0, 0.1) is 0 Å². The van der Waals surface area contributed by atoms with E-state index in [2.05, 4.69) is 50.3 Å². The van der Waals surface area contributed by atoms with Gasteiger partial charge in [-0.05, 0) is 51.7 Å². The summed E-state index contributed by atoms with van der Waals surface area (Å²) < 4.78 is 0.828. The second-order valence-electron chi connectivity index (χ2n) is 5.09. The standard InChI is InChI=1S/C16H16BrN3O/c17-15-9-13(5-6-14(15)16(18)19-21)20-8-7-11-3-1-2-4-12(11)10-20/h1-6,9,21H,7-8,10H2,(H2,18,19).